The van der Waals surface area contributed by atoms with Crippen LogP contribution in [0.1, 0.15) is 38.5 Å². The number of rotatable bonds is 11. The quantitative estimate of drug-likeness (QED) is 0.539. The van der Waals surface area contributed by atoms with E-state index in [0.717, 1.165) is 38.7 Å². The zero-order valence-corrected chi connectivity index (χ0v) is 9.54. The van der Waals surface area contributed by atoms with Gasteiger partial charge in [0.15, 0.2) is 0 Å². The van der Waals surface area contributed by atoms with Gasteiger partial charge in [-0.05, 0) is 12.8 Å². The maximum atomic E-state index is 10.2. The highest BCUT2D eigenvalue weighted by Gasteiger charge is 1.96. The van der Waals surface area contributed by atoms with Crippen molar-refractivity contribution in [3.63, 3.8) is 0 Å². The zero-order chi connectivity index (χ0) is 11.4. The smallest absolute Gasteiger partial charge is 0.303 e. The Labute approximate surface area is 91.6 Å². The van der Waals surface area contributed by atoms with Gasteiger partial charge in [0.1, 0.15) is 0 Å². The van der Waals surface area contributed by atoms with Gasteiger partial charge in [0, 0.05) is 20.1 Å². The van der Waals surface area contributed by atoms with Crippen LogP contribution < -0.4 is 0 Å². The van der Waals surface area contributed by atoms with Gasteiger partial charge in [-0.2, -0.15) is 0 Å². The van der Waals surface area contributed by atoms with Gasteiger partial charge in [0.2, 0.25) is 0 Å². The number of unbranched alkanes of at least 4 members (excludes halogenated alkanes) is 4. The number of carboxylic acids is 1. The molecule has 0 saturated carbocycles. The van der Waals surface area contributed by atoms with E-state index in [-0.39, 0.29) is 0 Å². The molecule has 15 heavy (non-hydrogen) atoms. The van der Waals surface area contributed by atoms with Crippen LogP contribution in [-0.4, -0.2) is 38.0 Å². The number of hydrogen-bond acceptors (Lipinski definition) is 3. The molecule has 0 aromatic heterocycles. The van der Waals surface area contributed by atoms with Crippen molar-refractivity contribution in [2.24, 2.45) is 0 Å². The summed E-state index contributed by atoms with van der Waals surface area (Å²) >= 11 is 0. The predicted molar refractivity (Wildman–Crippen MR) is 58.0 cm³/mol. The SMILES string of the molecule is COCCOCCCCCCCC(=O)O. The number of carboxylic acid groups (broad SMARTS) is 1. The number of carbonyl (C=O) groups is 1. The van der Waals surface area contributed by atoms with Gasteiger partial charge >= 0.3 is 5.97 Å². The van der Waals surface area contributed by atoms with Crippen LogP contribution in [0, 0.1) is 0 Å². The first kappa shape index (κ1) is 14.4. The summed E-state index contributed by atoms with van der Waals surface area (Å²) in [5.41, 5.74) is 0. The molecule has 90 valence electrons. The molecule has 4 heteroatoms. The van der Waals surface area contributed by atoms with Crippen molar-refractivity contribution in [2.45, 2.75) is 38.5 Å². The third-order valence-electron chi connectivity index (χ3n) is 2.11. The van der Waals surface area contributed by atoms with Gasteiger partial charge < -0.3 is 14.6 Å². The van der Waals surface area contributed by atoms with Gasteiger partial charge in [0.25, 0.3) is 0 Å². The Morgan fingerprint density at radius 2 is 1.67 bits per heavy atom. The summed E-state index contributed by atoms with van der Waals surface area (Å²) < 4.78 is 10.1. The molecule has 0 aliphatic heterocycles. The average Bonchev–Trinajstić information content (AvgIpc) is 2.20. The van der Waals surface area contributed by atoms with E-state index in [0.29, 0.717) is 19.6 Å². The van der Waals surface area contributed by atoms with E-state index < -0.39 is 5.97 Å². The maximum Gasteiger partial charge on any atom is 0.303 e. The molecular weight excluding hydrogens is 196 g/mol. The molecule has 0 fully saturated rings. The van der Waals surface area contributed by atoms with E-state index >= 15 is 0 Å². The van der Waals surface area contributed by atoms with Crippen LogP contribution in [0.4, 0.5) is 0 Å². The zero-order valence-electron chi connectivity index (χ0n) is 9.54. The summed E-state index contributed by atoms with van der Waals surface area (Å²) in [6.07, 6.45) is 5.36. The third kappa shape index (κ3) is 13.4. The van der Waals surface area contributed by atoms with Crippen LogP contribution in [-0.2, 0) is 14.3 Å². The Balaban J connectivity index is 2.89. The van der Waals surface area contributed by atoms with Crippen LogP contribution in [0.15, 0.2) is 0 Å². The molecule has 4 nitrogen and oxygen atoms in total. The Kier molecular flexibility index (Phi) is 11.0. The van der Waals surface area contributed by atoms with Crippen molar-refractivity contribution >= 4 is 5.97 Å². The largest absolute Gasteiger partial charge is 0.481 e. The molecule has 0 aromatic rings. The van der Waals surface area contributed by atoms with E-state index in [9.17, 15) is 4.79 Å². The highest BCUT2D eigenvalue weighted by molar-refractivity contribution is 5.66. The lowest BCUT2D eigenvalue weighted by Gasteiger charge is -2.03. The molecule has 0 spiro atoms. The molecule has 0 unspecified atom stereocenters. The molecular formula is C11H22O4. The van der Waals surface area contributed by atoms with Crippen LogP contribution >= 0.6 is 0 Å². The number of hydrogen-bond donors (Lipinski definition) is 1. The van der Waals surface area contributed by atoms with E-state index in [2.05, 4.69) is 0 Å². The van der Waals surface area contributed by atoms with Crippen molar-refractivity contribution in [3.8, 4) is 0 Å². The number of aliphatic carboxylic acids is 1. The van der Waals surface area contributed by atoms with Crippen molar-refractivity contribution in [1.29, 1.82) is 0 Å². The standard InChI is InChI=1S/C11H22O4/c1-14-9-10-15-8-6-4-2-3-5-7-11(12)13/h2-10H2,1H3,(H,12,13). The van der Waals surface area contributed by atoms with Gasteiger partial charge in [0.05, 0.1) is 13.2 Å². The van der Waals surface area contributed by atoms with Gasteiger partial charge in [-0.1, -0.05) is 19.3 Å². The second kappa shape index (κ2) is 11.5. The first-order valence-electron chi connectivity index (χ1n) is 5.56. The van der Waals surface area contributed by atoms with Crippen LogP contribution in [0.5, 0.6) is 0 Å². The fraction of sp³-hybridized carbons (Fsp3) is 0.909. The van der Waals surface area contributed by atoms with Crippen molar-refractivity contribution in [1.82, 2.24) is 0 Å². The Morgan fingerprint density at radius 3 is 2.33 bits per heavy atom. The van der Waals surface area contributed by atoms with Gasteiger partial charge in [-0.15, -0.1) is 0 Å². The Morgan fingerprint density at radius 1 is 1.00 bits per heavy atom. The molecule has 0 aliphatic carbocycles. The second-order valence-corrected chi connectivity index (χ2v) is 3.52. The predicted octanol–water partition coefficient (Wildman–Crippen LogP) is 2.07. The minimum atomic E-state index is -0.696. The molecule has 0 rings (SSSR count). The van der Waals surface area contributed by atoms with Crippen molar-refractivity contribution in [3.05, 3.63) is 0 Å². The second-order valence-electron chi connectivity index (χ2n) is 3.52. The van der Waals surface area contributed by atoms with E-state index in [1.165, 1.54) is 0 Å². The molecule has 0 aromatic carbocycles. The Hall–Kier alpha value is -0.610. The summed E-state index contributed by atoms with van der Waals surface area (Å²) in [4.78, 5) is 10.2. The average molecular weight is 218 g/mol. The van der Waals surface area contributed by atoms with E-state index in [1.807, 2.05) is 0 Å². The lowest BCUT2D eigenvalue weighted by molar-refractivity contribution is -0.137. The minimum Gasteiger partial charge on any atom is -0.481 e. The highest BCUT2D eigenvalue weighted by atomic mass is 16.5. The molecule has 0 atom stereocenters. The molecule has 0 amide bonds. The summed E-state index contributed by atoms with van der Waals surface area (Å²) in [7, 11) is 1.66. The monoisotopic (exact) mass is 218 g/mol. The summed E-state index contributed by atoms with van der Waals surface area (Å²) in [5, 5.41) is 8.40. The fourth-order valence-electron chi connectivity index (χ4n) is 1.26. The summed E-state index contributed by atoms with van der Waals surface area (Å²) in [6, 6.07) is 0. The third-order valence-corrected chi connectivity index (χ3v) is 2.11. The number of ether oxygens (including phenoxy) is 2. The van der Waals surface area contributed by atoms with Gasteiger partial charge in [-0.3, -0.25) is 4.79 Å². The van der Waals surface area contributed by atoms with E-state index in [1.54, 1.807) is 7.11 Å². The normalized spacial score (nSPS) is 10.5. The molecule has 0 heterocycles. The first-order valence-corrected chi connectivity index (χ1v) is 5.56. The van der Waals surface area contributed by atoms with Crippen LogP contribution in [0.2, 0.25) is 0 Å². The van der Waals surface area contributed by atoms with Crippen LogP contribution in [0.25, 0.3) is 0 Å². The first-order chi connectivity index (χ1) is 7.27. The van der Waals surface area contributed by atoms with Crippen molar-refractivity contribution in [2.75, 3.05) is 26.9 Å². The molecule has 0 saturated heterocycles. The molecule has 0 bridgehead atoms. The minimum absolute atomic E-state index is 0.296. The summed E-state index contributed by atoms with van der Waals surface area (Å²) in [6.45, 7) is 2.09. The topological polar surface area (TPSA) is 55.8 Å². The molecule has 1 N–H and O–H groups in total. The van der Waals surface area contributed by atoms with Crippen LogP contribution in [0.3, 0.4) is 0 Å². The van der Waals surface area contributed by atoms with Crippen molar-refractivity contribution < 1.29 is 19.4 Å². The lowest BCUT2D eigenvalue weighted by Crippen LogP contribution is -2.02. The van der Waals surface area contributed by atoms with E-state index in [4.69, 9.17) is 14.6 Å². The maximum absolute atomic E-state index is 10.2. The molecule has 0 radical (unpaired) electrons. The highest BCUT2D eigenvalue weighted by Crippen LogP contribution is 2.05. The van der Waals surface area contributed by atoms with Gasteiger partial charge in [-0.25, -0.2) is 0 Å². The fourth-order valence-corrected chi connectivity index (χ4v) is 1.26. The Bertz CT molecular complexity index is 148. The molecule has 0 aliphatic rings. The number of methoxy groups -OCH3 is 1. The summed E-state index contributed by atoms with van der Waals surface area (Å²) in [5.74, 6) is -0.696. The lowest BCUT2D eigenvalue weighted by atomic mass is 10.1.